The summed E-state index contributed by atoms with van der Waals surface area (Å²) in [5.41, 5.74) is 6.63. The quantitative estimate of drug-likeness (QED) is 0.830. The Kier molecular flexibility index (Phi) is 5.90. The standard InChI is InChI=1S/C15H23N3O2S/c1-4-18(12-15(2,3)11-17)21(19,20)10-14-7-5-13(9-16)6-8-14/h5-8H,4,10-12,17H2,1-3H3. The fourth-order valence-corrected chi connectivity index (χ4v) is 3.66. The molecule has 6 heteroatoms. The van der Waals surface area contributed by atoms with Crippen molar-refractivity contribution in [2.75, 3.05) is 19.6 Å². The van der Waals surface area contributed by atoms with E-state index < -0.39 is 10.0 Å². The van der Waals surface area contributed by atoms with Crippen LogP contribution in [0.5, 0.6) is 0 Å². The molecule has 0 saturated heterocycles. The van der Waals surface area contributed by atoms with Crippen molar-refractivity contribution in [2.24, 2.45) is 11.1 Å². The molecule has 0 heterocycles. The molecule has 0 aliphatic rings. The number of hydrogen-bond acceptors (Lipinski definition) is 4. The second-order valence-electron chi connectivity index (χ2n) is 5.86. The molecule has 116 valence electrons. The third-order valence-electron chi connectivity index (χ3n) is 3.34. The molecule has 2 N–H and O–H groups in total. The SMILES string of the molecule is CCN(CC(C)(C)CN)S(=O)(=O)Cc1ccc(C#N)cc1. The molecule has 1 rings (SSSR count). The summed E-state index contributed by atoms with van der Waals surface area (Å²) in [6.45, 7) is 6.97. The van der Waals surface area contributed by atoms with Gasteiger partial charge < -0.3 is 5.73 Å². The lowest BCUT2D eigenvalue weighted by molar-refractivity contribution is 0.272. The normalized spacial score (nSPS) is 12.4. The highest BCUT2D eigenvalue weighted by Gasteiger charge is 2.27. The third kappa shape index (κ3) is 5.12. The Balaban J connectivity index is 2.89. The molecular formula is C15H23N3O2S. The van der Waals surface area contributed by atoms with E-state index in [0.29, 0.717) is 30.8 Å². The zero-order valence-electron chi connectivity index (χ0n) is 12.8. The predicted octanol–water partition coefficient (Wildman–Crippen LogP) is 1.69. The summed E-state index contributed by atoms with van der Waals surface area (Å²) in [4.78, 5) is 0. The summed E-state index contributed by atoms with van der Waals surface area (Å²) >= 11 is 0. The minimum atomic E-state index is -3.39. The lowest BCUT2D eigenvalue weighted by Gasteiger charge is -2.30. The van der Waals surface area contributed by atoms with E-state index in [0.717, 1.165) is 0 Å². The summed E-state index contributed by atoms with van der Waals surface area (Å²) in [6.07, 6.45) is 0. The van der Waals surface area contributed by atoms with Crippen molar-refractivity contribution in [3.05, 3.63) is 35.4 Å². The molecule has 0 spiro atoms. The summed E-state index contributed by atoms with van der Waals surface area (Å²) in [6, 6.07) is 8.63. The summed E-state index contributed by atoms with van der Waals surface area (Å²) in [5.74, 6) is -0.0623. The molecule has 5 nitrogen and oxygen atoms in total. The topological polar surface area (TPSA) is 87.2 Å². The average molecular weight is 309 g/mol. The molecule has 0 radical (unpaired) electrons. The smallest absolute Gasteiger partial charge is 0.218 e. The summed E-state index contributed by atoms with van der Waals surface area (Å²) in [7, 11) is -3.39. The Morgan fingerprint density at radius 3 is 2.29 bits per heavy atom. The van der Waals surface area contributed by atoms with E-state index in [9.17, 15) is 8.42 Å². The Bertz CT molecular complexity index is 601. The number of nitriles is 1. The van der Waals surface area contributed by atoms with Gasteiger partial charge in [-0.3, -0.25) is 0 Å². The molecule has 1 aromatic rings. The first-order valence-corrected chi connectivity index (χ1v) is 8.52. The highest BCUT2D eigenvalue weighted by molar-refractivity contribution is 7.88. The van der Waals surface area contributed by atoms with Crippen LogP contribution in [0.3, 0.4) is 0 Å². The van der Waals surface area contributed by atoms with Gasteiger partial charge in [-0.25, -0.2) is 12.7 Å². The Labute approximate surface area is 127 Å². The van der Waals surface area contributed by atoms with Crippen molar-refractivity contribution >= 4 is 10.0 Å². The zero-order valence-corrected chi connectivity index (χ0v) is 13.7. The van der Waals surface area contributed by atoms with Crippen LogP contribution in [0.15, 0.2) is 24.3 Å². The van der Waals surface area contributed by atoms with Gasteiger partial charge in [-0.1, -0.05) is 32.9 Å². The van der Waals surface area contributed by atoms with Gasteiger partial charge in [-0.05, 0) is 29.7 Å². The van der Waals surface area contributed by atoms with Gasteiger partial charge in [-0.15, -0.1) is 0 Å². The number of nitrogens with two attached hydrogens (primary N) is 1. The van der Waals surface area contributed by atoms with Crippen LogP contribution in [0.25, 0.3) is 0 Å². The molecule has 0 aliphatic heterocycles. The molecule has 0 bridgehead atoms. The van der Waals surface area contributed by atoms with Gasteiger partial charge in [0.25, 0.3) is 0 Å². The number of sulfonamides is 1. The van der Waals surface area contributed by atoms with Crippen LogP contribution in [-0.2, 0) is 15.8 Å². The molecular weight excluding hydrogens is 286 g/mol. The highest BCUT2D eigenvalue weighted by atomic mass is 32.2. The fraction of sp³-hybridized carbons (Fsp3) is 0.533. The predicted molar refractivity (Wildman–Crippen MR) is 83.9 cm³/mol. The number of benzene rings is 1. The van der Waals surface area contributed by atoms with Crippen LogP contribution in [0, 0.1) is 16.7 Å². The van der Waals surface area contributed by atoms with E-state index in [2.05, 4.69) is 0 Å². The molecule has 21 heavy (non-hydrogen) atoms. The van der Waals surface area contributed by atoms with Gasteiger partial charge in [0, 0.05) is 13.1 Å². The third-order valence-corrected chi connectivity index (χ3v) is 5.21. The average Bonchev–Trinajstić information content (AvgIpc) is 2.45. The maximum atomic E-state index is 12.5. The van der Waals surface area contributed by atoms with Crippen molar-refractivity contribution < 1.29 is 8.42 Å². The van der Waals surface area contributed by atoms with Crippen LogP contribution in [-0.4, -0.2) is 32.4 Å². The van der Waals surface area contributed by atoms with Gasteiger partial charge >= 0.3 is 0 Å². The molecule has 0 aliphatic carbocycles. The second kappa shape index (κ2) is 7.03. The lowest BCUT2D eigenvalue weighted by atomic mass is 9.94. The first-order chi connectivity index (χ1) is 9.74. The van der Waals surface area contributed by atoms with Gasteiger partial charge in [0.1, 0.15) is 0 Å². The van der Waals surface area contributed by atoms with E-state index in [1.807, 2.05) is 26.8 Å². The van der Waals surface area contributed by atoms with E-state index in [-0.39, 0.29) is 11.2 Å². The van der Waals surface area contributed by atoms with Gasteiger partial charge in [0.05, 0.1) is 17.4 Å². The van der Waals surface area contributed by atoms with Gasteiger partial charge in [0.15, 0.2) is 0 Å². The minimum Gasteiger partial charge on any atom is -0.330 e. The van der Waals surface area contributed by atoms with Crippen molar-refractivity contribution in [1.82, 2.24) is 4.31 Å². The lowest BCUT2D eigenvalue weighted by Crippen LogP contribution is -2.42. The van der Waals surface area contributed by atoms with Crippen LogP contribution in [0.1, 0.15) is 31.9 Å². The Hall–Kier alpha value is -1.42. The summed E-state index contributed by atoms with van der Waals surface area (Å²) in [5, 5.41) is 8.75. The molecule has 0 fully saturated rings. The van der Waals surface area contributed by atoms with Crippen molar-refractivity contribution in [1.29, 1.82) is 5.26 Å². The second-order valence-corrected chi connectivity index (χ2v) is 7.83. The number of nitrogens with zero attached hydrogens (tertiary/aromatic N) is 2. The Morgan fingerprint density at radius 2 is 1.86 bits per heavy atom. The maximum absolute atomic E-state index is 12.5. The van der Waals surface area contributed by atoms with Crippen LogP contribution in [0.2, 0.25) is 0 Å². The van der Waals surface area contributed by atoms with Gasteiger partial charge in [-0.2, -0.15) is 5.26 Å². The first kappa shape index (κ1) is 17.6. The molecule has 1 aromatic carbocycles. The van der Waals surface area contributed by atoms with E-state index in [1.165, 1.54) is 4.31 Å². The number of rotatable bonds is 7. The largest absolute Gasteiger partial charge is 0.330 e. The van der Waals surface area contributed by atoms with E-state index in [1.54, 1.807) is 24.3 Å². The van der Waals surface area contributed by atoms with Crippen molar-refractivity contribution in [3.63, 3.8) is 0 Å². The van der Waals surface area contributed by atoms with Crippen LogP contribution >= 0.6 is 0 Å². The monoisotopic (exact) mass is 309 g/mol. The maximum Gasteiger partial charge on any atom is 0.218 e. The molecule has 0 amide bonds. The van der Waals surface area contributed by atoms with Crippen molar-refractivity contribution in [2.45, 2.75) is 26.5 Å². The number of hydrogen-bond donors (Lipinski definition) is 1. The zero-order chi connectivity index (χ0) is 16.1. The molecule has 0 atom stereocenters. The van der Waals surface area contributed by atoms with Crippen LogP contribution < -0.4 is 5.73 Å². The molecule has 0 unspecified atom stereocenters. The molecule has 0 saturated carbocycles. The van der Waals surface area contributed by atoms with E-state index >= 15 is 0 Å². The highest BCUT2D eigenvalue weighted by Crippen LogP contribution is 2.19. The van der Waals surface area contributed by atoms with Crippen molar-refractivity contribution in [3.8, 4) is 6.07 Å². The fourth-order valence-electron chi connectivity index (χ4n) is 1.93. The minimum absolute atomic E-state index is 0.0623. The Morgan fingerprint density at radius 1 is 1.29 bits per heavy atom. The van der Waals surface area contributed by atoms with E-state index in [4.69, 9.17) is 11.0 Å². The van der Waals surface area contributed by atoms with Gasteiger partial charge in [0.2, 0.25) is 10.0 Å². The van der Waals surface area contributed by atoms with Crippen LogP contribution in [0.4, 0.5) is 0 Å². The first-order valence-electron chi connectivity index (χ1n) is 6.91. The molecule has 0 aromatic heterocycles. The summed E-state index contributed by atoms with van der Waals surface area (Å²) < 4.78 is 26.5.